The van der Waals surface area contributed by atoms with Gasteiger partial charge in [-0.05, 0) is 32.0 Å². The van der Waals surface area contributed by atoms with Gasteiger partial charge in [0.1, 0.15) is 0 Å². The van der Waals surface area contributed by atoms with Gasteiger partial charge in [-0.25, -0.2) is 0 Å². The van der Waals surface area contributed by atoms with Crippen LogP contribution in [0.1, 0.15) is 17.8 Å². The quantitative estimate of drug-likeness (QED) is 0.825. The number of para-hydroxylation sites is 2. The summed E-state index contributed by atoms with van der Waals surface area (Å²) in [5.41, 5.74) is 9.02. The topological polar surface area (TPSA) is 72.9 Å². The second-order valence-electron chi connectivity index (χ2n) is 4.54. The lowest BCUT2D eigenvalue weighted by molar-refractivity contribution is -0.116. The Balaban J connectivity index is 1.92. The van der Waals surface area contributed by atoms with Crippen LogP contribution < -0.4 is 11.1 Å². The number of nitrogens with zero attached hydrogens (tertiary/aromatic N) is 2. The minimum atomic E-state index is -0.0644. The van der Waals surface area contributed by atoms with Crippen molar-refractivity contribution in [2.45, 2.75) is 26.8 Å². The van der Waals surface area contributed by atoms with Crippen LogP contribution in [0.4, 0.5) is 11.4 Å². The van der Waals surface area contributed by atoms with Crippen molar-refractivity contribution in [3.63, 3.8) is 0 Å². The van der Waals surface area contributed by atoms with Crippen molar-refractivity contribution in [1.82, 2.24) is 9.78 Å². The minimum absolute atomic E-state index is 0.0644. The molecule has 100 valence electrons. The standard InChI is InChI=1S/C14H18N4O/c1-10-9-11(2)18(17-10)8-7-14(19)16-13-6-4-3-5-12(13)15/h3-6,9H,7-8,15H2,1-2H3,(H,16,19). The van der Waals surface area contributed by atoms with E-state index < -0.39 is 0 Å². The number of hydrogen-bond donors (Lipinski definition) is 2. The van der Waals surface area contributed by atoms with Crippen LogP contribution >= 0.6 is 0 Å². The van der Waals surface area contributed by atoms with Crippen LogP contribution in [0.3, 0.4) is 0 Å². The highest BCUT2D eigenvalue weighted by Gasteiger charge is 2.07. The van der Waals surface area contributed by atoms with Gasteiger partial charge in [0.05, 0.1) is 17.1 Å². The van der Waals surface area contributed by atoms with Crippen molar-refractivity contribution >= 4 is 17.3 Å². The third-order valence-electron chi connectivity index (χ3n) is 2.89. The second kappa shape index (κ2) is 5.56. The molecule has 0 fully saturated rings. The zero-order chi connectivity index (χ0) is 13.8. The van der Waals surface area contributed by atoms with Gasteiger partial charge in [0.2, 0.25) is 5.91 Å². The van der Waals surface area contributed by atoms with Crippen molar-refractivity contribution in [3.8, 4) is 0 Å². The maximum absolute atomic E-state index is 11.8. The fraction of sp³-hybridized carbons (Fsp3) is 0.286. The van der Waals surface area contributed by atoms with E-state index in [-0.39, 0.29) is 5.91 Å². The first kappa shape index (κ1) is 13.1. The molecule has 1 aromatic carbocycles. The summed E-state index contributed by atoms with van der Waals surface area (Å²) in [6.45, 7) is 4.49. The van der Waals surface area contributed by atoms with Crippen LogP contribution in [0.2, 0.25) is 0 Å². The molecule has 5 nitrogen and oxygen atoms in total. The maximum Gasteiger partial charge on any atom is 0.226 e. The van der Waals surface area contributed by atoms with Gasteiger partial charge in [-0.1, -0.05) is 12.1 Å². The summed E-state index contributed by atoms with van der Waals surface area (Å²) in [4.78, 5) is 11.8. The van der Waals surface area contributed by atoms with Crippen LogP contribution in [-0.4, -0.2) is 15.7 Å². The number of anilines is 2. The van der Waals surface area contributed by atoms with E-state index in [1.807, 2.05) is 36.7 Å². The predicted molar refractivity (Wildman–Crippen MR) is 75.8 cm³/mol. The van der Waals surface area contributed by atoms with E-state index in [1.165, 1.54) is 0 Å². The number of aryl methyl sites for hydroxylation is 3. The monoisotopic (exact) mass is 258 g/mol. The third-order valence-corrected chi connectivity index (χ3v) is 2.89. The van der Waals surface area contributed by atoms with E-state index in [2.05, 4.69) is 10.4 Å². The van der Waals surface area contributed by atoms with Gasteiger partial charge < -0.3 is 11.1 Å². The highest BCUT2D eigenvalue weighted by Crippen LogP contribution is 2.16. The van der Waals surface area contributed by atoms with Gasteiger partial charge in [0.15, 0.2) is 0 Å². The van der Waals surface area contributed by atoms with Crippen LogP contribution in [0.5, 0.6) is 0 Å². The van der Waals surface area contributed by atoms with Crippen molar-refractivity contribution in [2.75, 3.05) is 11.1 Å². The van der Waals surface area contributed by atoms with Crippen molar-refractivity contribution in [1.29, 1.82) is 0 Å². The Bertz CT molecular complexity index is 589. The van der Waals surface area contributed by atoms with E-state index in [0.29, 0.717) is 24.3 Å². The summed E-state index contributed by atoms with van der Waals surface area (Å²) >= 11 is 0. The number of carbonyl (C=O) groups is 1. The Morgan fingerprint density at radius 2 is 2.11 bits per heavy atom. The molecule has 0 aliphatic rings. The molecule has 2 rings (SSSR count). The van der Waals surface area contributed by atoms with Gasteiger partial charge in [0.25, 0.3) is 0 Å². The van der Waals surface area contributed by atoms with E-state index >= 15 is 0 Å². The van der Waals surface area contributed by atoms with Crippen LogP contribution in [0, 0.1) is 13.8 Å². The number of nitrogen functional groups attached to an aromatic ring is 1. The first-order valence-electron chi connectivity index (χ1n) is 6.21. The largest absolute Gasteiger partial charge is 0.397 e. The molecule has 3 N–H and O–H groups in total. The summed E-state index contributed by atoms with van der Waals surface area (Å²) in [7, 11) is 0. The number of aromatic nitrogens is 2. The Hall–Kier alpha value is -2.30. The zero-order valence-corrected chi connectivity index (χ0v) is 11.2. The molecule has 0 spiro atoms. The lowest BCUT2D eigenvalue weighted by atomic mass is 10.2. The molecule has 0 radical (unpaired) electrons. The van der Waals surface area contributed by atoms with Gasteiger partial charge >= 0.3 is 0 Å². The normalized spacial score (nSPS) is 10.4. The highest BCUT2D eigenvalue weighted by atomic mass is 16.1. The van der Waals surface area contributed by atoms with Crippen molar-refractivity contribution in [2.24, 2.45) is 0 Å². The molecule has 0 saturated carbocycles. The number of nitrogens with one attached hydrogen (secondary N) is 1. The number of carbonyl (C=O) groups excluding carboxylic acids is 1. The number of hydrogen-bond acceptors (Lipinski definition) is 3. The Morgan fingerprint density at radius 1 is 1.37 bits per heavy atom. The summed E-state index contributed by atoms with van der Waals surface area (Å²) in [5, 5.41) is 7.12. The molecule has 0 saturated heterocycles. The first-order valence-corrected chi connectivity index (χ1v) is 6.21. The number of amides is 1. The number of nitrogens with two attached hydrogens (primary N) is 1. The fourth-order valence-corrected chi connectivity index (χ4v) is 1.93. The molecule has 19 heavy (non-hydrogen) atoms. The van der Waals surface area contributed by atoms with Crippen molar-refractivity contribution < 1.29 is 4.79 Å². The smallest absolute Gasteiger partial charge is 0.226 e. The third kappa shape index (κ3) is 3.34. The van der Waals surface area contributed by atoms with E-state index in [1.54, 1.807) is 12.1 Å². The van der Waals surface area contributed by atoms with Gasteiger partial charge in [-0.15, -0.1) is 0 Å². The average Bonchev–Trinajstić information content (AvgIpc) is 2.68. The molecule has 0 aliphatic carbocycles. The average molecular weight is 258 g/mol. The summed E-state index contributed by atoms with van der Waals surface area (Å²) < 4.78 is 1.84. The summed E-state index contributed by atoms with van der Waals surface area (Å²) in [6.07, 6.45) is 0.371. The Kier molecular flexibility index (Phi) is 3.85. The van der Waals surface area contributed by atoms with Gasteiger partial charge in [-0.3, -0.25) is 9.48 Å². The molecule has 1 heterocycles. The molecule has 0 bridgehead atoms. The molecule has 0 unspecified atom stereocenters. The molecule has 1 aromatic heterocycles. The predicted octanol–water partition coefficient (Wildman–Crippen LogP) is 2.11. The molecule has 5 heteroatoms. The van der Waals surface area contributed by atoms with E-state index in [9.17, 15) is 4.79 Å². The molecule has 1 amide bonds. The maximum atomic E-state index is 11.8. The Morgan fingerprint density at radius 3 is 2.74 bits per heavy atom. The molecule has 0 aliphatic heterocycles. The SMILES string of the molecule is Cc1cc(C)n(CCC(=O)Nc2ccccc2N)n1. The summed E-state index contributed by atoms with van der Waals surface area (Å²) in [5.74, 6) is -0.0644. The van der Waals surface area contributed by atoms with Gasteiger partial charge in [-0.2, -0.15) is 5.10 Å². The molecule has 2 aromatic rings. The lowest BCUT2D eigenvalue weighted by Crippen LogP contribution is -2.16. The molecular formula is C14H18N4O. The van der Waals surface area contributed by atoms with Crippen LogP contribution in [0.25, 0.3) is 0 Å². The van der Waals surface area contributed by atoms with Gasteiger partial charge in [0, 0.05) is 18.7 Å². The summed E-state index contributed by atoms with van der Waals surface area (Å²) in [6, 6.07) is 9.22. The lowest BCUT2D eigenvalue weighted by Gasteiger charge is -2.08. The van der Waals surface area contributed by atoms with Crippen LogP contribution in [-0.2, 0) is 11.3 Å². The number of benzene rings is 1. The fourth-order valence-electron chi connectivity index (χ4n) is 1.93. The highest BCUT2D eigenvalue weighted by molar-refractivity contribution is 5.93. The van der Waals surface area contributed by atoms with Crippen molar-refractivity contribution in [3.05, 3.63) is 41.7 Å². The van der Waals surface area contributed by atoms with E-state index in [0.717, 1.165) is 11.4 Å². The van der Waals surface area contributed by atoms with E-state index in [4.69, 9.17) is 5.73 Å². The minimum Gasteiger partial charge on any atom is -0.397 e. The molecule has 0 atom stereocenters. The zero-order valence-electron chi connectivity index (χ0n) is 11.2. The number of rotatable bonds is 4. The second-order valence-corrected chi connectivity index (χ2v) is 4.54. The first-order chi connectivity index (χ1) is 9.06. The molecular weight excluding hydrogens is 240 g/mol. The Labute approximate surface area is 112 Å². The van der Waals surface area contributed by atoms with Crippen LogP contribution in [0.15, 0.2) is 30.3 Å².